The van der Waals surface area contributed by atoms with Crippen molar-refractivity contribution in [3.8, 4) is 0 Å². The van der Waals surface area contributed by atoms with Gasteiger partial charge in [0.1, 0.15) is 11.6 Å². The smallest absolute Gasteiger partial charge is 0.276 e. The highest BCUT2D eigenvalue weighted by molar-refractivity contribution is 6.03. The van der Waals surface area contributed by atoms with Crippen molar-refractivity contribution in [2.45, 2.75) is 19.4 Å². The molecule has 0 saturated carbocycles. The van der Waals surface area contributed by atoms with Crippen molar-refractivity contribution in [2.24, 2.45) is 12.0 Å². The summed E-state index contributed by atoms with van der Waals surface area (Å²) in [5, 5.41) is 4.94. The fourth-order valence-electron chi connectivity index (χ4n) is 3.34. The SMILES string of the molecule is CC(=Nc1nn(C)c(=O)c2cnc(N(C)C3COC3)cc12)c1cccc(C(F)F)c1F. The lowest BCUT2D eigenvalue weighted by Gasteiger charge is -2.35. The topological polar surface area (TPSA) is 72.6 Å². The average Bonchev–Trinajstić information content (AvgIpc) is 2.70. The number of alkyl halides is 2. The van der Waals surface area contributed by atoms with Crippen LogP contribution < -0.4 is 10.5 Å². The van der Waals surface area contributed by atoms with Crippen LogP contribution >= 0.6 is 0 Å². The maximum Gasteiger partial charge on any atom is 0.276 e. The molecule has 0 aliphatic carbocycles. The Kier molecular flexibility index (Phi) is 5.48. The highest BCUT2D eigenvalue weighted by atomic mass is 19.3. The van der Waals surface area contributed by atoms with Gasteiger partial charge in [-0.15, -0.1) is 5.10 Å². The summed E-state index contributed by atoms with van der Waals surface area (Å²) in [7, 11) is 3.34. The molecule has 1 saturated heterocycles. The van der Waals surface area contributed by atoms with E-state index >= 15 is 0 Å². The summed E-state index contributed by atoms with van der Waals surface area (Å²) in [5.41, 5.74) is -0.946. The number of hydrogen-bond acceptors (Lipinski definition) is 6. The first kappa shape index (κ1) is 21.0. The van der Waals surface area contributed by atoms with Gasteiger partial charge in [-0.25, -0.2) is 27.8 Å². The molecule has 0 spiro atoms. The Morgan fingerprint density at radius 1 is 1.32 bits per heavy atom. The molecule has 0 unspecified atom stereocenters. The molecule has 2 aromatic heterocycles. The number of ether oxygens (including phenoxy) is 1. The fourth-order valence-corrected chi connectivity index (χ4v) is 3.34. The van der Waals surface area contributed by atoms with Crippen LogP contribution in [0.25, 0.3) is 10.8 Å². The van der Waals surface area contributed by atoms with E-state index in [9.17, 15) is 18.0 Å². The summed E-state index contributed by atoms with van der Waals surface area (Å²) >= 11 is 0. The van der Waals surface area contributed by atoms with E-state index in [-0.39, 0.29) is 28.7 Å². The molecule has 1 aromatic carbocycles. The van der Waals surface area contributed by atoms with Crippen molar-refractivity contribution in [3.05, 3.63) is 57.8 Å². The van der Waals surface area contributed by atoms with E-state index in [1.54, 1.807) is 6.07 Å². The van der Waals surface area contributed by atoms with Crippen LogP contribution in [0, 0.1) is 5.82 Å². The lowest BCUT2D eigenvalue weighted by molar-refractivity contribution is 0.00989. The van der Waals surface area contributed by atoms with Crippen molar-refractivity contribution in [1.29, 1.82) is 0 Å². The number of fused-ring (bicyclic) bond motifs is 1. The molecular weight excluding hydrogens is 411 g/mol. The highest BCUT2D eigenvalue weighted by Crippen LogP contribution is 2.28. The Bertz CT molecular complexity index is 1240. The zero-order valence-corrected chi connectivity index (χ0v) is 17.1. The normalized spacial score (nSPS) is 14.9. The number of aliphatic imine (C=N–C) groups is 1. The molecule has 3 aromatic rings. The van der Waals surface area contributed by atoms with Gasteiger partial charge in [0.15, 0.2) is 5.82 Å². The number of likely N-dealkylation sites (N-methyl/N-ethyl adjacent to an activating group) is 1. The van der Waals surface area contributed by atoms with Crippen molar-refractivity contribution >= 4 is 28.1 Å². The van der Waals surface area contributed by atoms with Gasteiger partial charge in [-0.2, -0.15) is 0 Å². The third kappa shape index (κ3) is 3.78. The second kappa shape index (κ2) is 8.10. The van der Waals surface area contributed by atoms with Crippen LogP contribution in [0.2, 0.25) is 0 Å². The molecule has 31 heavy (non-hydrogen) atoms. The van der Waals surface area contributed by atoms with E-state index in [0.717, 1.165) is 10.7 Å². The van der Waals surface area contributed by atoms with Crippen LogP contribution in [0.5, 0.6) is 0 Å². The van der Waals surface area contributed by atoms with Crippen molar-refractivity contribution in [2.75, 3.05) is 25.2 Å². The summed E-state index contributed by atoms with van der Waals surface area (Å²) < 4.78 is 47.1. The van der Waals surface area contributed by atoms with E-state index in [2.05, 4.69) is 15.1 Å². The van der Waals surface area contributed by atoms with Gasteiger partial charge in [-0.05, 0) is 13.0 Å². The third-order valence-electron chi connectivity index (χ3n) is 5.36. The number of benzene rings is 1. The van der Waals surface area contributed by atoms with E-state index in [1.165, 1.54) is 32.3 Å². The number of aromatic nitrogens is 3. The number of halogens is 3. The molecule has 10 heteroatoms. The molecule has 3 heterocycles. The van der Waals surface area contributed by atoms with Crippen molar-refractivity contribution in [3.63, 3.8) is 0 Å². The average molecular weight is 431 g/mol. The van der Waals surface area contributed by atoms with Crippen molar-refractivity contribution < 1.29 is 17.9 Å². The summed E-state index contributed by atoms with van der Waals surface area (Å²) in [6.45, 7) is 2.66. The zero-order valence-electron chi connectivity index (χ0n) is 17.1. The van der Waals surface area contributed by atoms with E-state index < -0.39 is 17.8 Å². The molecule has 0 radical (unpaired) electrons. The van der Waals surface area contributed by atoms with Crippen LogP contribution in [-0.4, -0.2) is 46.8 Å². The Morgan fingerprint density at radius 3 is 2.71 bits per heavy atom. The number of aryl methyl sites for hydroxylation is 1. The Balaban J connectivity index is 1.85. The van der Waals surface area contributed by atoms with Gasteiger partial charge in [0.05, 0.1) is 35.9 Å². The molecule has 4 rings (SSSR count). The van der Waals surface area contributed by atoms with Gasteiger partial charge in [0.2, 0.25) is 0 Å². The molecular formula is C21H20F3N5O2. The maximum absolute atomic E-state index is 14.6. The second-order valence-electron chi connectivity index (χ2n) is 7.35. The quantitative estimate of drug-likeness (QED) is 0.579. The van der Waals surface area contributed by atoms with Crippen LogP contribution in [0.4, 0.5) is 24.8 Å². The predicted molar refractivity (Wildman–Crippen MR) is 111 cm³/mol. The Hall–Kier alpha value is -3.27. The van der Waals surface area contributed by atoms with Gasteiger partial charge in [-0.1, -0.05) is 18.2 Å². The molecule has 7 nitrogen and oxygen atoms in total. The van der Waals surface area contributed by atoms with Crippen LogP contribution in [0.3, 0.4) is 0 Å². The molecule has 0 bridgehead atoms. The first-order valence-corrected chi connectivity index (χ1v) is 9.57. The summed E-state index contributed by atoms with van der Waals surface area (Å²) in [6, 6.07) is 5.63. The van der Waals surface area contributed by atoms with Crippen molar-refractivity contribution in [1.82, 2.24) is 14.8 Å². The van der Waals surface area contributed by atoms with Gasteiger partial charge < -0.3 is 9.64 Å². The lowest BCUT2D eigenvalue weighted by Crippen LogP contribution is -2.47. The molecule has 0 atom stereocenters. The van der Waals surface area contributed by atoms with Gasteiger partial charge in [0.25, 0.3) is 12.0 Å². The molecule has 1 fully saturated rings. The minimum absolute atomic E-state index is 0.0559. The third-order valence-corrected chi connectivity index (χ3v) is 5.36. The number of hydrogen-bond donors (Lipinski definition) is 0. The Morgan fingerprint density at radius 2 is 2.06 bits per heavy atom. The molecule has 1 aliphatic rings. The molecule has 162 valence electrons. The van der Waals surface area contributed by atoms with Gasteiger partial charge in [-0.3, -0.25) is 4.79 Å². The predicted octanol–water partition coefficient (Wildman–Crippen LogP) is 3.38. The summed E-state index contributed by atoms with van der Waals surface area (Å²) in [6.07, 6.45) is -1.49. The highest BCUT2D eigenvalue weighted by Gasteiger charge is 2.25. The summed E-state index contributed by atoms with van der Waals surface area (Å²) in [4.78, 5) is 23.2. The second-order valence-corrected chi connectivity index (χ2v) is 7.35. The van der Waals surface area contributed by atoms with Crippen LogP contribution in [0.15, 0.2) is 40.2 Å². The maximum atomic E-state index is 14.6. The largest absolute Gasteiger partial charge is 0.377 e. The van der Waals surface area contributed by atoms with Gasteiger partial charge >= 0.3 is 0 Å². The lowest BCUT2D eigenvalue weighted by atomic mass is 10.1. The number of nitrogens with zero attached hydrogens (tertiary/aromatic N) is 5. The van der Waals surface area contributed by atoms with Crippen LogP contribution in [0.1, 0.15) is 24.5 Å². The van der Waals surface area contributed by atoms with E-state index in [4.69, 9.17) is 4.74 Å². The van der Waals surface area contributed by atoms with Gasteiger partial charge in [0, 0.05) is 31.2 Å². The van der Waals surface area contributed by atoms with E-state index in [0.29, 0.717) is 29.8 Å². The summed E-state index contributed by atoms with van der Waals surface area (Å²) in [5.74, 6) is -0.255. The monoisotopic (exact) mass is 431 g/mol. The zero-order chi connectivity index (χ0) is 22.3. The molecule has 0 amide bonds. The Labute approximate surface area is 175 Å². The number of rotatable bonds is 5. The fraction of sp³-hybridized carbons (Fsp3) is 0.333. The minimum Gasteiger partial charge on any atom is -0.377 e. The molecule has 0 N–H and O–H groups in total. The first-order chi connectivity index (χ1) is 14.8. The minimum atomic E-state index is -2.94. The number of pyridine rings is 1. The molecule has 1 aliphatic heterocycles. The van der Waals surface area contributed by atoms with E-state index in [1.807, 2.05) is 11.9 Å². The first-order valence-electron chi connectivity index (χ1n) is 9.57. The standard InChI is InChI=1S/C21H20F3N5O2/c1-11(13-5-4-6-14(18(13)22)19(23)24)26-20-15-7-17(28(2)12-9-31-10-12)25-8-16(15)21(30)29(3)27-20/h4-8,12,19H,9-10H2,1-3H3. The van der Waals surface area contributed by atoms with Crippen LogP contribution in [-0.2, 0) is 11.8 Å². The number of anilines is 1.